The number of nitrogens with one attached hydrogen (secondary N) is 2. The Kier molecular flexibility index (Phi) is 3.57. The molecule has 1 heterocycles. The van der Waals surface area contributed by atoms with Crippen LogP contribution in [0.2, 0.25) is 0 Å². The molecule has 0 unspecified atom stereocenters. The largest absolute Gasteiger partial charge is 0.399 e. The summed E-state index contributed by atoms with van der Waals surface area (Å²) >= 11 is 0. The quantitative estimate of drug-likeness (QED) is 0.507. The molecule has 22 heavy (non-hydrogen) atoms. The summed E-state index contributed by atoms with van der Waals surface area (Å²) in [4.78, 5) is 11.9. The van der Waals surface area contributed by atoms with Crippen molar-refractivity contribution in [2.24, 2.45) is 10.2 Å². The molecule has 0 bridgehead atoms. The molecule has 6 nitrogen and oxygen atoms in total. The number of aryl methyl sites for hydroxylation is 1. The van der Waals surface area contributed by atoms with Gasteiger partial charge in [0.2, 0.25) is 0 Å². The van der Waals surface area contributed by atoms with Crippen molar-refractivity contribution in [2.75, 3.05) is 5.73 Å². The summed E-state index contributed by atoms with van der Waals surface area (Å²) in [7, 11) is 0. The minimum absolute atomic E-state index is 0.244. The van der Waals surface area contributed by atoms with Gasteiger partial charge in [-0.2, -0.15) is 5.11 Å². The van der Waals surface area contributed by atoms with E-state index in [1.54, 1.807) is 12.1 Å². The number of hydrogen-bond acceptors (Lipinski definition) is 4. The number of aromatic amines is 2. The van der Waals surface area contributed by atoms with E-state index in [0.29, 0.717) is 11.4 Å². The highest BCUT2D eigenvalue weighted by Crippen LogP contribution is 2.27. The first kappa shape index (κ1) is 13.8. The second kappa shape index (κ2) is 5.69. The van der Waals surface area contributed by atoms with Gasteiger partial charge in [0.25, 0.3) is 5.56 Å². The Balaban J connectivity index is 2.01. The lowest BCUT2D eigenvalue weighted by molar-refractivity contribution is 1.06. The molecule has 3 aromatic rings. The molecule has 6 heteroatoms. The summed E-state index contributed by atoms with van der Waals surface area (Å²) in [6.45, 7) is 1.94. The van der Waals surface area contributed by atoms with Crippen molar-refractivity contribution in [2.45, 2.75) is 6.92 Å². The van der Waals surface area contributed by atoms with Crippen LogP contribution < -0.4 is 11.3 Å². The van der Waals surface area contributed by atoms with Crippen molar-refractivity contribution < 1.29 is 0 Å². The number of nitrogens with zero attached hydrogens (tertiary/aromatic N) is 2. The standard InChI is InChI=1S/C16H15N5O/c1-10-4-2-3-5-13(10)18-20-15-14(19-21-16(15)22)11-6-8-12(17)9-7-11/h2-9H,17H2,1H3,(H2,19,21,22). The predicted molar refractivity (Wildman–Crippen MR) is 86.6 cm³/mol. The number of hydrogen-bond donors (Lipinski definition) is 3. The highest BCUT2D eigenvalue weighted by Gasteiger charge is 2.11. The number of benzene rings is 2. The van der Waals surface area contributed by atoms with Crippen LogP contribution in [0.4, 0.5) is 17.1 Å². The van der Waals surface area contributed by atoms with Gasteiger partial charge in [-0.1, -0.05) is 30.3 Å². The second-order valence-corrected chi connectivity index (χ2v) is 4.91. The van der Waals surface area contributed by atoms with Gasteiger partial charge < -0.3 is 5.73 Å². The minimum Gasteiger partial charge on any atom is -0.399 e. The smallest absolute Gasteiger partial charge is 0.292 e. The molecule has 0 saturated heterocycles. The SMILES string of the molecule is Cc1ccccc1N=Nc1c(-c2ccc(N)cc2)[nH][nH]c1=O. The molecule has 0 aliphatic rings. The van der Waals surface area contributed by atoms with Crippen LogP contribution >= 0.6 is 0 Å². The van der Waals surface area contributed by atoms with Crippen LogP contribution in [0.1, 0.15) is 5.56 Å². The molecule has 0 aliphatic heterocycles. The molecule has 2 aromatic carbocycles. The van der Waals surface area contributed by atoms with Crippen molar-refractivity contribution in [3.05, 3.63) is 64.4 Å². The van der Waals surface area contributed by atoms with E-state index < -0.39 is 0 Å². The van der Waals surface area contributed by atoms with Crippen molar-refractivity contribution >= 4 is 17.1 Å². The van der Waals surface area contributed by atoms with Gasteiger partial charge in [-0.25, -0.2) is 0 Å². The number of rotatable bonds is 3. The summed E-state index contributed by atoms with van der Waals surface area (Å²) in [6.07, 6.45) is 0. The van der Waals surface area contributed by atoms with E-state index in [2.05, 4.69) is 20.4 Å². The Hall–Kier alpha value is -3.15. The number of azo groups is 1. The van der Waals surface area contributed by atoms with Crippen molar-refractivity contribution in [3.8, 4) is 11.3 Å². The maximum atomic E-state index is 11.9. The van der Waals surface area contributed by atoms with Crippen molar-refractivity contribution in [1.29, 1.82) is 0 Å². The molecule has 110 valence electrons. The Bertz CT molecular complexity index is 874. The minimum atomic E-state index is -0.316. The summed E-state index contributed by atoms with van der Waals surface area (Å²) < 4.78 is 0. The number of nitrogens with two attached hydrogens (primary N) is 1. The Labute approximate surface area is 126 Å². The first-order chi connectivity index (χ1) is 10.6. The fourth-order valence-electron chi connectivity index (χ4n) is 2.08. The Morgan fingerprint density at radius 3 is 2.41 bits per heavy atom. The molecular formula is C16H15N5O. The van der Waals surface area contributed by atoms with E-state index in [0.717, 1.165) is 16.8 Å². The zero-order chi connectivity index (χ0) is 15.5. The Morgan fingerprint density at radius 1 is 0.955 bits per heavy atom. The first-order valence-corrected chi connectivity index (χ1v) is 6.79. The molecule has 0 radical (unpaired) electrons. The lowest BCUT2D eigenvalue weighted by Crippen LogP contribution is -1.96. The van der Waals surface area contributed by atoms with E-state index in [4.69, 9.17) is 5.73 Å². The lowest BCUT2D eigenvalue weighted by atomic mass is 10.1. The van der Waals surface area contributed by atoms with Gasteiger partial charge in [0.15, 0.2) is 5.69 Å². The number of nitrogen functional groups attached to an aromatic ring is 1. The molecule has 0 saturated carbocycles. The number of H-pyrrole nitrogens is 2. The maximum absolute atomic E-state index is 11.9. The van der Waals surface area contributed by atoms with Gasteiger partial charge in [-0.05, 0) is 30.7 Å². The highest BCUT2D eigenvalue weighted by atomic mass is 16.1. The van der Waals surface area contributed by atoms with E-state index >= 15 is 0 Å². The Morgan fingerprint density at radius 2 is 1.68 bits per heavy atom. The molecule has 3 rings (SSSR count). The van der Waals surface area contributed by atoms with Crippen LogP contribution in [0.15, 0.2) is 63.6 Å². The zero-order valence-corrected chi connectivity index (χ0v) is 12.0. The van der Waals surface area contributed by atoms with Gasteiger partial charge in [-0.3, -0.25) is 15.0 Å². The monoisotopic (exact) mass is 293 g/mol. The third kappa shape index (κ3) is 2.67. The summed E-state index contributed by atoms with van der Waals surface area (Å²) in [5.74, 6) is 0. The van der Waals surface area contributed by atoms with Gasteiger partial charge in [0, 0.05) is 11.3 Å². The molecule has 0 atom stereocenters. The van der Waals surface area contributed by atoms with Crippen LogP contribution in [0.25, 0.3) is 11.3 Å². The topological polar surface area (TPSA) is 99.4 Å². The maximum Gasteiger partial charge on any atom is 0.292 e. The van der Waals surface area contributed by atoms with Crippen LogP contribution in [0.5, 0.6) is 0 Å². The van der Waals surface area contributed by atoms with Crippen LogP contribution in [0.3, 0.4) is 0 Å². The third-order valence-corrected chi connectivity index (χ3v) is 3.33. The zero-order valence-electron chi connectivity index (χ0n) is 12.0. The second-order valence-electron chi connectivity index (χ2n) is 4.91. The first-order valence-electron chi connectivity index (χ1n) is 6.79. The van der Waals surface area contributed by atoms with Gasteiger partial charge in [-0.15, -0.1) is 5.11 Å². The molecule has 4 N–H and O–H groups in total. The van der Waals surface area contributed by atoms with Gasteiger partial charge >= 0.3 is 0 Å². The summed E-state index contributed by atoms with van der Waals surface area (Å²) in [5, 5.41) is 13.7. The van der Waals surface area contributed by atoms with Crippen molar-refractivity contribution in [1.82, 2.24) is 10.2 Å². The van der Waals surface area contributed by atoms with E-state index in [9.17, 15) is 4.79 Å². The molecule has 1 aromatic heterocycles. The molecular weight excluding hydrogens is 278 g/mol. The van der Waals surface area contributed by atoms with Gasteiger partial charge in [0.1, 0.15) is 0 Å². The van der Waals surface area contributed by atoms with Crippen LogP contribution in [0, 0.1) is 6.92 Å². The third-order valence-electron chi connectivity index (χ3n) is 3.33. The predicted octanol–water partition coefficient (Wildman–Crippen LogP) is 3.68. The van der Waals surface area contributed by atoms with Crippen molar-refractivity contribution in [3.63, 3.8) is 0 Å². The average Bonchev–Trinajstić information content (AvgIpc) is 2.88. The molecule has 0 aliphatic carbocycles. The van der Waals surface area contributed by atoms with E-state index in [-0.39, 0.29) is 11.2 Å². The number of anilines is 1. The lowest BCUT2D eigenvalue weighted by Gasteiger charge is -2.00. The van der Waals surface area contributed by atoms with Crippen LogP contribution in [-0.2, 0) is 0 Å². The fourth-order valence-corrected chi connectivity index (χ4v) is 2.08. The fraction of sp³-hybridized carbons (Fsp3) is 0.0625. The number of aromatic nitrogens is 2. The van der Waals surface area contributed by atoms with E-state index in [1.807, 2.05) is 43.3 Å². The highest BCUT2D eigenvalue weighted by molar-refractivity contribution is 5.72. The van der Waals surface area contributed by atoms with E-state index in [1.165, 1.54) is 0 Å². The summed E-state index contributed by atoms with van der Waals surface area (Å²) in [6, 6.07) is 14.8. The normalized spacial score (nSPS) is 11.1. The van der Waals surface area contributed by atoms with Gasteiger partial charge in [0.05, 0.1) is 11.4 Å². The summed E-state index contributed by atoms with van der Waals surface area (Å²) in [5.41, 5.74) is 9.38. The molecule has 0 spiro atoms. The average molecular weight is 293 g/mol. The molecule has 0 fully saturated rings. The van der Waals surface area contributed by atoms with Crippen LogP contribution in [-0.4, -0.2) is 10.2 Å². The molecule has 0 amide bonds.